The molecule has 0 unspecified atom stereocenters. The fraction of sp³-hybridized carbons (Fsp3) is 0.647. The van der Waals surface area contributed by atoms with Crippen LogP contribution in [-0.2, 0) is 33.3 Å². The Labute approximate surface area is 285 Å². The van der Waals surface area contributed by atoms with Crippen molar-refractivity contribution in [2.24, 2.45) is 11.7 Å². The number of esters is 1. The van der Waals surface area contributed by atoms with Crippen LogP contribution in [0.5, 0.6) is 0 Å². The van der Waals surface area contributed by atoms with E-state index in [1.54, 1.807) is 56.4 Å². The van der Waals surface area contributed by atoms with Crippen molar-refractivity contribution >= 4 is 11.9 Å². The Morgan fingerprint density at radius 3 is 2.29 bits per heavy atom. The first-order chi connectivity index (χ1) is 23.3. The van der Waals surface area contributed by atoms with Gasteiger partial charge in [0.05, 0.1) is 48.8 Å². The van der Waals surface area contributed by atoms with E-state index in [4.69, 9.17) is 34.5 Å². The van der Waals surface area contributed by atoms with E-state index in [2.05, 4.69) is 0 Å². The zero-order valence-electron chi connectivity index (χ0n) is 27.9. The van der Waals surface area contributed by atoms with Gasteiger partial charge in [0.1, 0.15) is 24.2 Å². The van der Waals surface area contributed by atoms with Gasteiger partial charge in [-0.3, -0.25) is 4.79 Å². The number of nitrogens with two attached hydrogens (primary N) is 1. The van der Waals surface area contributed by atoms with E-state index in [1.165, 1.54) is 12.2 Å². The maximum Gasteiger partial charge on any atom is 0.330 e. The zero-order valence-corrected chi connectivity index (χ0v) is 27.9. The molecule has 0 amide bonds. The van der Waals surface area contributed by atoms with E-state index >= 15 is 0 Å². The molecular formula is C34H51NO14. The summed E-state index contributed by atoms with van der Waals surface area (Å²) in [5, 5.41) is 70.9. The predicted molar refractivity (Wildman–Crippen MR) is 173 cm³/mol. The van der Waals surface area contributed by atoms with Crippen molar-refractivity contribution in [1.82, 2.24) is 0 Å². The van der Waals surface area contributed by atoms with Gasteiger partial charge in [-0.15, -0.1) is 0 Å². The Balaban J connectivity index is 0.00000319. The number of hydrogen-bond donors (Lipinski definition) is 8. The lowest BCUT2D eigenvalue weighted by Crippen LogP contribution is -2.61. The summed E-state index contributed by atoms with van der Waals surface area (Å²) in [6.45, 7) is 3.34. The Kier molecular flexibility index (Phi) is 15.7. The molecule has 4 heterocycles. The van der Waals surface area contributed by atoms with Crippen LogP contribution in [0.2, 0.25) is 0 Å². The molecule has 3 fully saturated rings. The van der Waals surface area contributed by atoms with Crippen molar-refractivity contribution < 1.29 is 69.0 Å². The number of carboxylic acid groups (broad SMARTS) is 1. The van der Waals surface area contributed by atoms with Gasteiger partial charge in [0.25, 0.3) is 0 Å². The second kappa shape index (κ2) is 19.0. The fourth-order valence-electron chi connectivity index (χ4n) is 6.00. The predicted octanol–water partition coefficient (Wildman–Crippen LogP) is -0.272. The summed E-state index contributed by atoms with van der Waals surface area (Å²) in [6.07, 6.45) is 5.25. The number of aliphatic hydroxyl groups is 6. The SMILES string of the molecule is CO.C[C@@H]1C/C=C/C=C/C=C/C=C/[C@H](O[C@@H]2O[C@H](C)[C@@H](O)[C@H](N)[C@@H]2O)C[C@@H]2O[C@](O)(C[C@@H](O)C[C@H]3O[C@@H]3/C=C/C(=O)O1)C[C@H](O)[C@H]2C(=O)O. The van der Waals surface area contributed by atoms with Gasteiger partial charge in [0.2, 0.25) is 0 Å². The first-order valence-electron chi connectivity index (χ1n) is 16.3. The lowest BCUT2D eigenvalue weighted by Gasteiger charge is -2.45. The number of aliphatic carboxylic acids is 1. The largest absolute Gasteiger partial charge is 0.481 e. The summed E-state index contributed by atoms with van der Waals surface area (Å²) in [7, 11) is 1.00. The van der Waals surface area contributed by atoms with Crippen LogP contribution in [0.3, 0.4) is 0 Å². The third-order valence-corrected chi connectivity index (χ3v) is 8.58. The molecule has 0 aromatic rings. The molecule has 276 valence electrons. The molecule has 0 aromatic heterocycles. The van der Waals surface area contributed by atoms with Crippen molar-refractivity contribution in [1.29, 1.82) is 0 Å². The molecule has 4 aliphatic heterocycles. The van der Waals surface area contributed by atoms with Crippen LogP contribution < -0.4 is 5.73 Å². The van der Waals surface area contributed by atoms with Crippen LogP contribution in [0.4, 0.5) is 0 Å². The number of fused-ring (bicyclic) bond motifs is 3. The summed E-state index contributed by atoms with van der Waals surface area (Å²) in [4.78, 5) is 24.4. The zero-order chi connectivity index (χ0) is 36.3. The summed E-state index contributed by atoms with van der Waals surface area (Å²) in [6, 6.07) is -1.08. The van der Waals surface area contributed by atoms with Crippen molar-refractivity contribution in [3.8, 4) is 0 Å². The average Bonchev–Trinajstić information content (AvgIpc) is 3.77. The topological polar surface area (TPSA) is 251 Å². The second-order valence-electron chi connectivity index (χ2n) is 12.6. The molecule has 2 bridgehead atoms. The van der Waals surface area contributed by atoms with Gasteiger partial charge >= 0.3 is 11.9 Å². The number of epoxide rings is 1. The molecule has 0 aromatic carbocycles. The summed E-state index contributed by atoms with van der Waals surface area (Å²) >= 11 is 0. The van der Waals surface area contributed by atoms with Crippen LogP contribution in [0.25, 0.3) is 0 Å². The highest BCUT2D eigenvalue weighted by molar-refractivity contribution is 5.82. The van der Waals surface area contributed by atoms with Crippen LogP contribution in [0.15, 0.2) is 60.8 Å². The number of cyclic esters (lactones) is 1. The number of allylic oxidation sites excluding steroid dienone is 6. The molecule has 0 aliphatic carbocycles. The van der Waals surface area contributed by atoms with Gasteiger partial charge in [-0.2, -0.15) is 0 Å². The Hall–Kier alpha value is -2.80. The van der Waals surface area contributed by atoms with Gasteiger partial charge in [-0.1, -0.05) is 48.6 Å². The van der Waals surface area contributed by atoms with Crippen LogP contribution in [0, 0.1) is 5.92 Å². The minimum atomic E-state index is -2.10. The number of hydrogen-bond acceptors (Lipinski definition) is 14. The molecule has 3 saturated heterocycles. The molecule has 15 nitrogen and oxygen atoms in total. The van der Waals surface area contributed by atoms with E-state index in [9.17, 15) is 40.2 Å². The molecular weight excluding hydrogens is 646 g/mol. The van der Waals surface area contributed by atoms with Crippen molar-refractivity contribution in [2.75, 3.05) is 7.11 Å². The molecule has 14 atom stereocenters. The van der Waals surface area contributed by atoms with Crippen molar-refractivity contribution in [3.63, 3.8) is 0 Å². The molecule has 4 rings (SSSR count). The van der Waals surface area contributed by atoms with Gasteiger partial charge in [-0.25, -0.2) is 4.79 Å². The highest BCUT2D eigenvalue weighted by Gasteiger charge is 2.51. The Bertz CT molecular complexity index is 1220. The third kappa shape index (κ3) is 12.2. The van der Waals surface area contributed by atoms with E-state index in [-0.39, 0.29) is 25.4 Å². The molecule has 4 aliphatic rings. The number of carbonyl (C=O) groups excluding carboxylic acids is 1. The lowest BCUT2D eigenvalue weighted by atomic mass is 9.83. The van der Waals surface area contributed by atoms with Crippen LogP contribution in [0.1, 0.15) is 46.0 Å². The Morgan fingerprint density at radius 2 is 1.59 bits per heavy atom. The monoisotopic (exact) mass is 697 g/mol. The van der Waals surface area contributed by atoms with Crippen molar-refractivity contribution in [3.05, 3.63) is 60.8 Å². The smallest absolute Gasteiger partial charge is 0.330 e. The van der Waals surface area contributed by atoms with E-state index in [0.717, 1.165) is 7.11 Å². The fourth-order valence-corrected chi connectivity index (χ4v) is 6.00. The highest BCUT2D eigenvalue weighted by atomic mass is 16.7. The summed E-state index contributed by atoms with van der Waals surface area (Å²) in [5.74, 6) is -5.45. The standard InChI is InChI=1S/C33H47NO13.CH4O/c1-18-10-8-6-4-3-5-7-9-11-21(45-32-30(39)28(34)29(38)19(2)44-32)15-25-27(31(40)41)22(36)17-33(42,47-25)16-20(35)14-24-23(46-24)12-13-26(37)43-18;1-2/h3-9,11-13,18-25,27-30,32,35-36,38-39,42H,10,14-17,34H2,1-2H3,(H,40,41);2H,1H3/b4-3+,7-5+,8-6+,11-9+,13-12+;/t18-,19-,20+,21+,22+,23-,24-,25+,27-,28+,29-,30+,32+,33-;/m1./s1. The van der Waals surface area contributed by atoms with E-state index < -0.39 is 97.3 Å². The van der Waals surface area contributed by atoms with Gasteiger partial charge in [0, 0.05) is 45.3 Å². The van der Waals surface area contributed by atoms with Crippen LogP contribution >= 0.6 is 0 Å². The van der Waals surface area contributed by atoms with Gasteiger partial charge < -0.3 is 65.2 Å². The Morgan fingerprint density at radius 1 is 0.918 bits per heavy atom. The van der Waals surface area contributed by atoms with Crippen LogP contribution in [-0.4, -0.2) is 134 Å². The minimum absolute atomic E-state index is 0.0789. The molecule has 0 spiro atoms. The molecule has 0 radical (unpaired) electrons. The maximum absolute atomic E-state index is 12.3. The summed E-state index contributed by atoms with van der Waals surface area (Å²) < 4.78 is 28.5. The number of carboxylic acids is 1. The van der Waals surface area contributed by atoms with Gasteiger partial charge in [-0.05, 0) is 19.9 Å². The number of aliphatic hydroxyl groups excluding tert-OH is 5. The van der Waals surface area contributed by atoms with Crippen molar-refractivity contribution in [2.45, 2.75) is 125 Å². The highest BCUT2D eigenvalue weighted by Crippen LogP contribution is 2.39. The molecule has 9 N–H and O–H groups in total. The molecule has 15 heteroatoms. The minimum Gasteiger partial charge on any atom is -0.481 e. The van der Waals surface area contributed by atoms with Gasteiger partial charge in [0.15, 0.2) is 12.1 Å². The summed E-state index contributed by atoms with van der Waals surface area (Å²) in [5.41, 5.74) is 5.98. The first kappa shape index (κ1) is 40.6. The van der Waals surface area contributed by atoms with E-state index in [0.29, 0.717) is 6.42 Å². The number of rotatable bonds is 3. The first-order valence-corrected chi connectivity index (χ1v) is 16.3. The third-order valence-electron chi connectivity index (χ3n) is 8.58. The normalized spacial score (nSPS) is 45.4. The lowest BCUT2D eigenvalue weighted by molar-refractivity contribution is -0.308. The van der Waals surface area contributed by atoms with E-state index in [1.807, 2.05) is 6.08 Å². The quantitative estimate of drug-likeness (QED) is 0.140. The maximum atomic E-state index is 12.3. The second-order valence-corrected chi connectivity index (χ2v) is 12.6. The average molecular weight is 698 g/mol. The number of ether oxygens (including phenoxy) is 5. The molecule has 0 saturated carbocycles. The number of carbonyl (C=O) groups is 2. The molecule has 49 heavy (non-hydrogen) atoms.